The molecule has 0 saturated carbocycles. The van der Waals surface area contributed by atoms with E-state index in [1.54, 1.807) is 0 Å². The highest BCUT2D eigenvalue weighted by Gasteiger charge is 2.50. The highest BCUT2D eigenvalue weighted by Crippen LogP contribution is 2.47. The lowest BCUT2D eigenvalue weighted by Gasteiger charge is -2.43. The fraction of sp³-hybridized carbons (Fsp3) is 0.550. The SMILES string of the molecule is C=Cc1ccc(C2CC3CCC(C2C(=O)OC)N3CCCF)cc1. The summed E-state index contributed by atoms with van der Waals surface area (Å²) in [4.78, 5) is 14.9. The predicted molar refractivity (Wildman–Crippen MR) is 93.5 cm³/mol. The molecule has 0 radical (unpaired) electrons. The van der Waals surface area contributed by atoms with E-state index in [2.05, 4.69) is 23.6 Å². The maximum atomic E-state index is 12.6. The molecule has 4 heteroatoms. The van der Waals surface area contributed by atoms with E-state index in [4.69, 9.17) is 4.74 Å². The Hall–Kier alpha value is -1.68. The summed E-state index contributed by atoms with van der Waals surface area (Å²) >= 11 is 0. The van der Waals surface area contributed by atoms with Crippen LogP contribution in [0.4, 0.5) is 4.39 Å². The Morgan fingerprint density at radius 1 is 1.38 bits per heavy atom. The lowest BCUT2D eigenvalue weighted by atomic mass is 9.75. The second kappa shape index (κ2) is 7.47. The lowest BCUT2D eigenvalue weighted by molar-refractivity contribution is -0.150. The van der Waals surface area contributed by atoms with E-state index in [0.717, 1.165) is 31.4 Å². The van der Waals surface area contributed by atoms with Gasteiger partial charge in [-0.15, -0.1) is 0 Å². The molecule has 2 aliphatic heterocycles. The smallest absolute Gasteiger partial charge is 0.310 e. The molecule has 0 spiro atoms. The van der Waals surface area contributed by atoms with E-state index in [1.165, 1.54) is 12.7 Å². The second-order valence-corrected chi connectivity index (χ2v) is 6.84. The third-order valence-corrected chi connectivity index (χ3v) is 5.69. The zero-order valence-corrected chi connectivity index (χ0v) is 14.3. The van der Waals surface area contributed by atoms with E-state index in [-0.39, 0.29) is 30.5 Å². The van der Waals surface area contributed by atoms with E-state index in [0.29, 0.717) is 12.5 Å². The van der Waals surface area contributed by atoms with Gasteiger partial charge in [0.2, 0.25) is 0 Å². The molecule has 1 aromatic carbocycles. The van der Waals surface area contributed by atoms with Crippen molar-refractivity contribution in [2.45, 2.75) is 43.7 Å². The molecule has 24 heavy (non-hydrogen) atoms. The van der Waals surface area contributed by atoms with Gasteiger partial charge in [0.05, 0.1) is 19.7 Å². The summed E-state index contributed by atoms with van der Waals surface area (Å²) in [6.45, 7) is 4.23. The molecule has 130 valence electrons. The number of benzene rings is 1. The Balaban J connectivity index is 1.88. The molecule has 2 saturated heterocycles. The zero-order valence-electron chi connectivity index (χ0n) is 14.3. The van der Waals surface area contributed by atoms with Crippen LogP contribution in [0, 0.1) is 5.92 Å². The van der Waals surface area contributed by atoms with Crippen molar-refractivity contribution >= 4 is 12.0 Å². The van der Waals surface area contributed by atoms with Gasteiger partial charge in [-0.05, 0) is 36.8 Å². The number of fused-ring (bicyclic) bond motifs is 2. The van der Waals surface area contributed by atoms with Crippen LogP contribution in [-0.2, 0) is 9.53 Å². The number of hydrogen-bond donors (Lipinski definition) is 0. The maximum Gasteiger partial charge on any atom is 0.310 e. The first kappa shape index (κ1) is 17.2. The van der Waals surface area contributed by atoms with Crippen LogP contribution >= 0.6 is 0 Å². The van der Waals surface area contributed by atoms with E-state index < -0.39 is 0 Å². The summed E-state index contributed by atoms with van der Waals surface area (Å²) in [6, 6.07) is 8.93. The number of ether oxygens (including phenoxy) is 1. The first-order chi connectivity index (χ1) is 11.7. The molecule has 2 aliphatic rings. The number of hydrogen-bond acceptors (Lipinski definition) is 3. The molecule has 0 amide bonds. The van der Waals surface area contributed by atoms with Gasteiger partial charge in [-0.2, -0.15) is 0 Å². The molecule has 4 unspecified atom stereocenters. The number of alkyl halides is 1. The van der Waals surface area contributed by atoms with E-state index >= 15 is 0 Å². The van der Waals surface area contributed by atoms with Crippen LogP contribution < -0.4 is 0 Å². The van der Waals surface area contributed by atoms with Gasteiger partial charge in [-0.25, -0.2) is 0 Å². The molecular weight excluding hydrogens is 305 g/mol. The Morgan fingerprint density at radius 2 is 2.12 bits per heavy atom. The van der Waals surface area contributed by atoms with Crippen molar-refractivity contribution in [1.29, 1.82) is 0 Å². The standard InChI is InChI=1S/C20H26FNO2/c1-3-14-5-7-15(8-6-14)17-13-16-9-10-18(19(17)20(23)24-2)22(16)12-4-11-21/h3,5-8,16-19H,1,4,9-13H2,2H3. The van der Waals surface area contributed by atoms with Gasteiger partial charge in [0, 0.05) is 24.5 Å². The van der Waals surface area contributed by atoms with Crippen molar-refractivity contribution in [2.75, 3.05) is 20.3 Å². The van der Waals surface area contributed by atoms with Crippen molar-refractivity contribution in [3.05, 3.63) is 42.0 Å². The molecule has 0 N–H and O–H groups in total. The van der Waals surface area contributed by atoms with Gasteiger partial charge >= 0.3 is 5.97 Å². The van der Waals surface area contributed by atoms with Gasteiger partial charge in [0.15, 0.2) is 0 Å². The van der Waals surface area contributed by atoms with Crippen molar-refractivity contribution in [3.8, 4) is 0 Å². The lowest BCUT2D eigenvalue weighted by Crippen LogP contribution is -2.51. The fourth-order valence-electron chi connectivity index (χ4n) is 4.58. The predicted octanol–water partition coefficient (Wildman–Crippen LogP) is 3.80. The van der Waals surface area contributed by atoms with Gasteiger partial charge in [-0.3, -0.25) is 14.1 Å². The van der Waals surface area contributed by atoms with E-state index in [1.807, 2.05) is 18.2 Å². The molecule has 2 heterocycles. The largest absolute Gasteiger partial charge is 0.469 e. The molecule has 3 nitrogen and oxygen atoms in total. The Morgan fingerprint density at radius 3 is 2.75 bits per heavy atom. The summed E-state index contributed by atoms with van der Waals surface area (Å²) in [7, 11) is 1.47. The van der Waals surface area contributed by atoms with Crippen molar-refractivity contribution in [3.63, 3.8) is 0 Å². The number of rotatable bonds is 6. The number of esters is 1. The van der Waals surface area contributed by atoms with Gasteiger partial charge in [0.25, 0.3) is 0 Å². The molecule has 2 fully saturated rings. The highest BCUT2D eigenvalue weighted by atomic mass is 19.1. The summed E-state index contributed by atoms with van der Waals surface area (Å²) < 4.78 is 17.8. The quantitative estimate of drug-likeness (QED) is 0.743. The molecule has 0 aromatic heterocycles. The monoisotopic (exact) mass is 331 g/mol. The van der Waals surface area contributed by atoms with Crippen LogP contribution in [0.1, 0.15) is 42.7 Å². The van der Waals surface area contributed by atoms with Crippen molar-refractivity contribution < 1.29 is 13.9 Å². The van der Waals surface area contributed by atoms with Crippen LogP contribution in [-0.4, -0.2) is 43.3 Å². The molecule has 0 aliphatic carbocycles. The Labute approximate surface area is 143 Å². The zero-order chi connectivity index (χ0) is 17.1. The summed E-state index contributed by atoms with van der Waals surface area (Å²) in [5.41, 5.74) is 2.27. The minimum absolute atomic E-state index is 0.136. The molecule has 4 atom stereocenters. The Bertz CT molecular complexity index is 586. The molecule has 1 aromatic rings. The fourth-order valence-corrected chi connectivity index (χ4v) is 4.58. The normalized spacial score (nSPS) is 29.4. The van der Waals surface area contributed by atoms with Gasteiger partial charge < -0.3 is 4.74 Å². The van der Waals surface area contributed by atoms with Crippen molar-refractivity contribution in [1.82, 2.24) is 4.90 Å². The number of piperidine rings is 1. The first-order valence-corrected chi connectivity index (χ1v) is 8.81. The van der Waals surface area contributed by atoms with Crippen LogP contribution in [0.25, 0.3) is 6.08 Å². The number of halogens is 1. The van der Waals surface area contributed by atoms with Crippen LogP contribution in [0.5, 0.6) is 0 Å². The Kier molecular flexibility index (Phi) is 5.34. The van der Waals surface area contributed by atoms with Crippen molar-refractivity contribution in [2.24, 2.45) is 5.92 Å². The topological polar surface area (TPSA) is 29.5 Å². The second-order valence-electron chi connectivity index (χ2n) is 6.84. The summed E-state index contributed by atoms with van der Waals surface area (Å²) in [5, 5.41) is 0. The number of methoxy groups -OCH3 is 1. The third kappa shape index (κ3) is 3.12. The summed E-state index contributed by atoms with van der Waals surface area (Å²) in [5.74, 6) is -0.123. The van der Waals surface area contributed by atoms with Gasteiger partial charge in [0.1, 0.15) is 0 Å². The molecule has 2 bridgehead atoms. The first-order valence-electron chi connectivity index (χ1n) is 8.81. The maximum absolute atomic E-state index is 12.6. The minimum atomic E-state index is -0.300. The number of nitrogens with zero attached hydrogens (tertiary/aromatic N) is 1. The minimum Gasteiger partial charge on any atom is -0.469 e. The molecular formula is C20H26FNO2. The molecule has 3 rings (SSSR count). The van der Waals surface area contributed by atoms with Crippen LogP contribution in [0.3, 0.4) is 0 Å². The highest BCUT2D eigenvalue weighted by molar-refractivity contribution is 5.75. The number of carbonyl (C=O) groups excluding carboxylic acids is 1. The average Bonchev–Trinajstić information content (AvgIpc) is 2.90. The average molecular weight is 331 g/mol. The van der Waals surface area contributed by atoms with Gasteiger partial charge in [-0.1, -0.05) is 36.9 Å². The number of carbonyl (C=O) groups is 1. The van der Waals surface area contributed by atoms with E-state index in [9.17, 15) is 9.18 Å². The summed E-state index contributed by atoms with van der Waals surface area (Å²) in [6.07, 6.45) is 5.39. The van der Waals surface area contributed by atoms with Crippen LogP contribution in [0.15, 0.2) is 30.8 Å². The van der Waals surface area contributed by atoms with Crippen LogP contribution in [0.2, 0.25) is 0 Å². The third-order valence-electron chi connectivity index (χ3n) is 5.69.